The minimum absolute atomic E-state index is 0.0932. The van der Waals surface area contributed by atoms with E-state index in [0.29, 0.717) is 19.3 Å². The molecule has 0 bridgehead atoms. The van der Waals surface area contributed by atoms with Crippen molar-refractivity contribution < 1.29 is 28.6 Å². The summed E-state index contributed by atoms with van der Waals surface area (Å²) in [5.74, 6) is -0.926. The highest BCUT2D eigenvalue weighted by Crippen LogP contribution is 2.17. The first-order valence-electron chi connectivity index (χ1n) is 34.2. The van der Waals surface area contributed by atoms with Gasteiger partial charge in [-0.15, -0.1) is 0 Å². The van der Waals surface area contributed by atoms with Crippen LogP contribution in [0.1, 0.15) is 310 Å². The standard InChI is InChI=1S/C76H126O6/c1-4-7-10-13-16-19-22-25-28-31-34-36-37-38-39-41-42-45-48-51-54-57-60-63-66-69-75(78)81-72-73(71-80-74(77)68-65-62-59-56-53-50-47-44-33-30-27-24-21-18-15-12-9-6-3)82-76(79)70-67-64-61-58-55-52-49-46-43-40-35-32-29-26-23-20-17-14-11-8-5-2/h7-8,10-11,16-17,19-20,25-26,28-29,34-36,38-40,42,45,51,54,73H,4-6,9,12-15,18,21-24,27,30-33,37,41,43-44,46-50,52-53,55-72H2,1-3H3/b10-7-,11-8-,19-16-,20-17-,28-25-,29-26-,36-34-,39-38-,40-35-,45-42-,54-51-. The third-order valence-electron chi connectivity index (χ3n) is 14.4. The monoisotopic (exact) mass is 1130 g/mol. The van der Waals surface area contributed by atoms with Crippen molar-refractivity contribution in [3.05, 3.63) is 134 Å². The fraction of sp³-hybridized carbons (Fsp3) is 0.671. The van der Waals surface area contributed by atoms with Crippen molar-refractivity contribution in [1.82, 2.24) is 0 Å². The van der Waals surface area contributed by atoms with E-state index >= 15 is 0 Å². The summed E-state index contributed by atoms with van der Waals surface area (Å²) in [7, 11) is 0. The SMILES string of the molecule is CC/C=C\C/C=C\C/C=C\C/C=C\C/C=C\C/C=C\C/C=C\CCCCCC(=O)OCC(COC(=O)CCCCCCCCCCCCCCCCCCCC)OC(=O)CCCCCCCCCC/C=C\C/C=C\C/C=C\C/C=C\CC. The van der Waals surface area contributed by atoms with E-state index in [-0.39, 0.29) is 31.1 Å². The number of rotatable bonds is 61. The Kier molecular flexibility index (Phi) is 65.3. The first kappa shape index (κ1) is 77.5. The van der Waals surface area contributed by atoms with Gasteiger partial charge >= 0.3 is 17.9 Å². The van der Waals surface area contributed by atoms with Gasteiger partial charge in [0.2, 0.25) is 0 Å². The summed E-state index contributed by atoms with van der Waals surface area (Å²) >= 11 is 0. The van der Waals surface area contributed by atoms with Crippen LogP contribution in [0.5, 0.6) is 0 Å². The van der Waals surface area contributed by atoms with Crippen LogP contribution in [0.15, 0.2) is 134 Å². The summed E-state index contributed by atoms with van der Waals surface area (Å²) in [6.07, 6.45) is 97.4. The molecule has 0 amide bonds. The van der Waals surface area contributed by atoms with Gasteiger partial charge in [-0.05, 0) is 116 Å². The third kappa shape index (κ3) is 66.4. The van der Waals surface area contributed by atoms with E-state index in [1.165, 1.54) is 128 Å². The van der Waals surface area contributed by atoms with Gasteiger partial charge in [0.25, 0.3) is 0 Å². The second kappa shape index (κ2) is 69.0. The molecule has 0 rings (SSSR count). The fourth-order valence-electron chi connectivity index (χ4n) is 9.36. The van der Waals surface area contributed by atoms with Gasteiger partial charge in [0.15, 0.2) is 6.10 Å². The Morgan fingerprint density at radius 1 is 0.256 bits per heavy atom. The molecule has 0 aliphatic heterocycles. The molecule has 0 aromatic rings. The lowest BCUT2D eigenvalue weighted by molar-refractivity contribution is -0.167. The summed E-state index contributed by atoms with van der Waals surface area (Å²) in [5.41, 5.74) is 0. The van der Waals surface area contributed by atoms with Crippen LogP contribution in [-0.4, -0.2) is 37.2 Å². The molecule has 0 aromatic carbocycles. The Morgan fingerprint density at radius 2 is 0.476 bits per heavy atom. The van der Waals surface area contributed by atoms with Gasteiger partial charge in [0.1, 0.15) is 13.2 Å². The molecule has 1 unspecified atom stereocenters. The lowest BCUT2D eigenvalue weighted by Crippen LogP contribution is -2.30. The van der Waals surface area contributed by atoms with E-state index in [2.05, 4.69) is 154 Å². The van der Waals surface area contributed by atoms with Crippen LogP contribution < -0.4 is 0 Å². The maximum absolute atomic E-state index is 13.0. The number of hydrogen-bond acceptors (Lipinski definition) is 6. The van der Waals surface area contributed by atoms with Crippen LogP contribution in [0.3, 0.4) is 0 Å². The van der Waals surface area contributed by atoms with Crippen molar-refractivity contribution in [3.63, 3.8) is 0 Å². The van der Waals surface area contributed by atoms with Crippen molar-refractivity contribution in [2.45, 2.75) is 316 Å². The molecule has 6 nitrogen and oxygen atoms in total. The zero-order chi connectivity index (χ0) is 59.2. The minimum atomic E-state index is -0.802. The molecule has 466 valence electrons. The van der Waals surface area contributed by atoms with Crippen LogP contribution in [0.4, 0.5) is 0 Å². The molecule has 82 heavy (non-hydrogen) atoms. The summed E-state index contributed by atoms with van der Waals surface area (Å²) in [5, 5.41) is 0. The number of hydrogen-bond donors (Lipinski definition) is 0. The van der Waals surface area contributed by atoms with E-state index in [1.54, 1.807) is 0 Å². The predicted octanol–water partition coefficient (Wildman–Crippen LogP) is 23.7. The normalized spacial score (nSPS) is 13.0. The Morgan fingerprint density at radius 3 is 0.756 bits per heavy atom. The van der Waals surface area contributed by atoms with Gasteiger partial charge in [-0.25, -0.2) is 0 Å². The number of carbonyl (C=O) groups is 3. The molecule has 0 saturated heterocycles. The topological polar surface area (TPSA) is 78.9 Å². The van der Waals surface area contributed by atoms with Gasteiger partial charge in [-0.2, -0.15) is 0 Å². The number of esters is 3. The van der Waals surface area contributed by atoms with E-state index in [1.807, 2.05) is 0 Å². The molecule has 0 N–H and O–H groups in total. The van der Waals surface area contributed by atoms with Gasteiger partial charge in [0, 0.05) is 19.3 Å². The van der Waals surface area contributed by atoms with E-state index in [9.17, 15) is 14.4 Å². The average molecular weight is 1140 g/mol. The Bertz CT molecular complexity index is 1730. The molecule has 0 saturated carbocycles. The second-order valence-electron chi connectivity index (χ2n) is 22.3. The fourth-order valence-corrected chi connectivity index (χ4v) is 9.36. The van der Waals surface area contributed by atoms with E-state index in [0.717, 1.165) is 141 Å². The van der Waals surface area contributed by atoms with Crippen molar-refractivity contribution in [2.24, 2.45) is 0 Å². The summed E-state index contributed by atoms with van der Waals surface area (Å²) in [4.78, 5) is 38.5. The highest BCUT2D eigenvalue weighted by atomic mass is 16.6. The summed E-state index contributed by atoms with van der Waals surface area (Å²) < 4.78 is 17.0. The smallest absolute Gasteiger partial charge is 0.306 e. The molecule has 0 aliphatic carbocycles. The Balaban J connectivity index is 4.47. The van der Waals surface area contributed by atoms with Gasteiger partial charge in [-0.3, -0.25) is 14.4 Å². The summed E-state index contributed by atoms with van der Waals surface area (Å²) in [6.45, 7) is 6.41. The molecule has 0 aliphatic rings. The number of carbonyl (C=O) groups excluding carboxylic acids is 3. The minimum Gasteiger partial charge on any atom is -0.462 e. The molecule has 0 spiro atoms. The lowest BCUT2D eigenvalue weighted by atomic mass is 10.0. The molecule has 6 heteroatoms. The Hall–Kier alpha value is -4.45. The molecule has 0 aromatic heterocycles. The van der Waals surface area contributed by atoms with Crippen molar-refractivity contribution >= 4 is 17.9 Å². The zero-order valence-corrected chi connectivity index (χ0v) is 53.5. The number of unbranched alkanes of at least 4 members (excludes halogenated alkanes) is 28. The van der Waals surface area contributed by atoms with Gasteiger partial charge in [-0.1, -0.05) is 309 Å². The highest BCUT2D eigenvalue weighted by molar-refractivity contribution is 5.71. The summed E-state index contributed by atoms with van der Waals surface area (Å²) in [6, 6.07) is 0. The maximum Gasteiger partial charge on any atom is 0.306 e. The van der Waals surface area contributed by atoms with Crippen molar-refractivity contribution in [1.29, 1.82) is 0 Å². The third-order valence-corrected chi connectivity index (χ3v) is 14.4. The molecular weight excluding hydrogens is 1010 g/mol. The van der Waals surface area contributed by atoms with Crippen LogP contribution in [0, 0.1) is 0 Å². The van der Waals surface area contributed by atoms with E-state index < -0.39 is 6.10 Å². The number of ether oxygens (including phenoxy) is 3. The average Bonchev–Trinajstić information content (AvgIpc) is 3.47. The highest BCUT2D eigenvalue weighted by Gasteiger charge is 2.19. The van der Waals surface area contributed by atoms with Crippen LogP contribution in [0.2, 0.25) is 0 Å². The lowest BCUT2D eigenvalue weighted by Gasteiger charge is -2.18. The second-order valence-corrected chi connectivity index (χ2v) is 22.3. The Labute approximate surface area is 506 Å². The van der Waals surface area contributed by atoms with Crippen molar-refractivity contribution in [2.75, 3.05) is 13.2 Å². The molecule has 0 radical (unpaired) electrons. The quantitative estimate of drug-likeness (QED) is 0.0261. The van der Waals surface area contributed by atoms with Gasteiger partial charge < -0.3 is 14.2 Å². The van der Waals surface area contributed by atoms with Crippen LogP contribution in [0.25, 0.3) is 0 Å². The predicted molar refractivity (Wildman–Crippen MR) is 357 cm³/mol. The van der Waals surface area contributed by atoms with Crippen LogP contribution >= 0.6 is 0 Å². The molecular formula is C76H126O6. The maximum atomic E-state index is 13.0. The molecule has 0 fully saturated rings. The molecule has 0 heterocycles. The van der Waals surface area contributed by atoms with E-state index in [4.69, 9.17) is 14.2 Å². The molecule has 1 atom stereocenters. The largest absolute Gasteiger partial charge is 0.462 e. The number of allylic oxidation sites excluding steroid dienone is 22. The first-order chi connectivity index (χ1) is 40.5. The van der Waals surface area contributed by atoms with Crippen LogP contribution in [-0.2, 0) is 28.6 Å². The zero-order valence-electron chi connectivity index (χ0n) is 53.5. The van der Waals surface area contributed by atoms with Crippen molar-refractivity contribution in [3.8, 4) is 0 Å². The van der Waals surface area contributed by atoms with Gasteiger partial charge in [0.05, 0.1) is 0 Å². The first-order valence-corrected chi connectivity index (χ1v) is 34.2.